The van der Waals surface area contributed by atoms with Crippen molar-refractivity contribution in [1.82, 2.24) is 0 Å². The van der Waals surface area contributed by atoms with Crippen LogP contribution in [-0.2, 0) is 14.3 Å². The van der Waals surface area contributed by atoms with E-state index in [0.29, 0.717) is 5.56 Å². The van der Waals surface area contributed by atoms with Gasteiger partial charge in [0.2, 0.25) is 6.79 Å². The van der Waals surface area contributed by atoms with Gasteiger partial charge in [-0.15, -0.1) is 0 Å². The molecule has 0 saturated heterocycles. The van der Waals surface area contributed by atoms with Crippen LogP contribution in [0.4, 0.5) is 0 Å². The molecule has 0 aliphatic carbocycles. The van der Waals surface area contributed by atoms with Gasteiger partial charge in [0.15, 0.2) is 0 Å². The first kappa shape index (κ1) is 15.6. The van der Waals surface area contributed by atoms with E-state index in [-0.39, 0.29) is 6.79 Å². The summed E-state index contributed by atoms with van der Waals surface area (Å²) in [4.78, 5) is 22.3. The highest BCUT2D eigenvalue weighted by atomic mass is 16.7. The molecule has 5 nitrogen and oxygen atoms in total. The fourth-order valence-corrected chi connectivity index (χ4v) is 1.83. The van der Waals surface area contributed by atoms with E-state index in [4.69, 9.17) is 9.47 Å². The van der Waals surface area contributed by atoms with Crippen LogP contribution < -0.4 is 4.74 Å². The Morgan fingerprint density at radius 1 is 0.864 bits per heavy atom. The summed E-state index contributed by atoms with van der Waals surface area (Å²) in [5.74, 6) is -0.250. The molecule has 0 spiro atoms. The Balaban J connectivity index is 2.02. The Bertz CT molecular complexity index is 644. The average Bonchev–Trinajstić information content (AvgIpc) is 2.54. The van der Waals surface area contributed by atoms with Gasteiger partial charge in [-0.3, -0.25) is 4.79 Å². The van der Waals surface area contributed by atoms with E-state index in [1.807, 2.05) is 36.4 Å². The lowest BCUT2D eigenvalue weighted by atomic mass is 10.0. The summed E-state index contributed by atoms with van der Waals surface area (Å²) in [6.45, 7) is 0.867. The molecule has 2 rings (SSSR count). The lowest BCUT2D eigenvalue weighted by Gasteiger charge is -2.06. The van der Waals surface area contributed by atoms with Crippen molar-refractivity contribution >= 4 is 11.9 Å². The van der Waals surface area contributed by atoms with Crippen LogP contribution >= 0.6 is 0 Å². The van der Waals surface area contributed by atoms with Gasteiger partial charge in [0.05, 0.1) is 12.7 Å². The maximum atomic E-state index is 11.7. The molecule has 0 N–H and O–H groups in total. The van der Waals surface area contributed by atoms with Crippen molar-refractivity contribution in [2.24, 2.45) is 0 Å². The van der Waals surface area contributed by atoms with Crippen LogP contribution in [0, 0.1) is 0 Å². The lowest BCUT2D eigenvalue weighted by molar-refractivity contribution is -0.149. The second kappa shape index (κ2) is 7.26. The van der Waals surface area contributed by atoms with Gasteiger partial charge < -0.3 is 14.2 Å². The second-order valence-electron chi connectivity index (χ2n) is 4.49. The highest BCUT2D eigenvalue weighted by Gasteiger charge is 2.08. The molecule has 0 unspecified atom stereocenters. The van der Waals surface area contributed by atoms with Gasteiger partial charge in [0, 0.05) is 6.92 Å². The monoisotopic (exact) mass is 300 g/mol. The number of rotatable bonds is 5. The molecule has 0 amide bonds. The maximum absolute atomic E-state index is 11.7. The summed E-state index contributed by atoms with van der Waals surface area (Å²) >= 11 is 0. The molecule has 0 heterocycles. The SMILES string of the molecule is COc1ccc(-c2ccc(C(=O)OCOC(C)=O)cc2)cc1. The first-order valence-electron chi connectivity index (χ1n) is 6.65. The lowest BCUT2D eigenvalue weighted by Crippen LogP contribution is -2.10. The van der Waals surface area contributed by atoms with Gasteiger partial charge in [0.25, 0.3) is 0 Å². The average molecular weight is 300 g/mol. The fourth-order valence-electron chi connectivity index (χ4n) is 1.83. The summed E-state index contributed by atoms with van der Waals surface area (Å²) in [7, 11) is 1.62. The number of hydrogen-bond acceptors (Lipinski definition) is 5. The highest BCUT2D eigenvalue weighted by molar-refractivity contribution is 5.90. The summed E-state index contributed by atoms with van der Waals surface area (Å²) in [5.41, 5.74) is 2.38. The van der Waals surface area contributed by atoms with Crippen molar-refractivity contribution in [3.05, 3.63) is 54.1 Å². The Labute approximate surface area is 128 Å². The minimum absolute atomic E-state index is 0.381. The van der Waals surface area contributed by atoms with E-state index >= 15 is 0 Å². The first-order valence-corrected chi connectivity index (χ1v) is 6.65. The van der Waals surface area contributed by atoms with E-state index in [1.54, 1.807) is 19.2 Å². The Morgan fingerprint density at radius 3 is 1.91 bits per heavy atom. The van der Waals surface area contributed by atoms with Crippen molar-refractivity contribution < 1.29 is 23.8 Å². The predicted octanol–water partition coefficient (Wildman–Crippen LogP) is 3.04. The summed E-state index contributed by atoms with van der Waals surface area (Å²) in [6, 6.07) is 14.6. The van der Waals surface area contributed by atoms with E-state index < -0.39 is 11.9 Å². The zero-order valence-corrected chi connectivity index (χ0v) is 12.4. The third-order valence-corrected chi connectivity index (χ3v) is 3.00. The van der Waals surface area contributed by atoms with Crippen LogP contribution in [0.25, 0.3) is 11.1 Å². The van der Waals surface area contributed by atoms with E-state index in [0.717, 1.165) is 16.9 Å². The van der Waals surface area contributed by atoms with Gasteiger partial charge in [-0.05, 0) is 35.4 Å². The third kappa shape index (κ3) is 4.09. The second-order valence-corrected chi connectivity index (χ2v) is 4.49. The topological polar surface area (TPSA) is 61.8 Å². The number of benzene rings is 2. The van der Waals surface area contributed by atoms with Crippen LogP contribution in [0.15, 0.2) is 48.5 Å². The van der Waals surface area contributed by atoms with Crippen molar-refractivity contribution in [2.45, 2.75) is 6.92 Å². The zero-order chi connectivity index (χ0) is 15.9. The molecule has 0 bridgehead atoms. The number of carbonyl (C=O) groups is 2. The zero-order valence-electron chi connectivity index (χ0n) is 12.4. The third-order valence-electron chi connectivity index (χ3n) is 3.00. The van der Waals surface area contributed by atoms with Gasteiger partial charge >= 0.3 is 11.9 Å². The van der Waals surface area contributed by atoms with Crippen molar-refractivity contribution in [2.75, 3.05) is 13.9 Å². The Kier molecular flexibility index (Phi) is 5.14. The van der Waals surface area contributed by atoms with Gasteiger partial charge in [-0.2, -0.15) is 0 Å². The van der Waals surface area contributed by atoms with E-state index in [9.17, 15) is 9.59 Å². The molecule has 0 aliphatic rings. The molecule has 0 atom stereocenters. The molecule has 114 valence electrons. The van der Waals surface area contributed by atoms with Crippen LogP contribution in [0.2, 0.25) is 0 Å². The molecule has 0 aliphatic heterocycles. The van der Waals surface area contributed by atoms with Crippen LogP contribution in [-0.4, -0.2) is 25.8 Å². The normalized spacial score (nSPS) is 9.91. The van der Waals surface area contributed by atoms with Gasteiger partial charge in [0.1, 0.15) is 5.75 Å². The van der Waals surface area contributed by atoms with Gasteiger partial charge in [-0.1, -0.05) is 24.3 Å². The fraction of sp³-hybridized carbons (Fsp3) is 0.176. The standard InChI is InChI=1S/C17H16O5/c1-12(18)21-11-22-17(19)15-5-3-13(4-6-15)14-7-9-16(20-2)10-8-14/h3-10H,11H2,1-2H3. The maximum Gasteiger partial charge on any atom is 0.340 e. The Morgan fingerprint density at radius 2 is 1.41 bits per heavy atom. The number of methoxy groups -OCH3 is 1. The van der Waals surface area contributed by atoms with Crippen LogP contribution in [0.5, 0.6) is 5.75 Å². The predicted molar refractivity (Wildman–Crippen MR) is 80.5 cm³/mol. The molecule has 0 saturated carbocycles. The number of carbonyl (C=O) groups excluding carboxylic acids is 2. The molecule has 22 heavy (non-hydrogen) atoms. The molecule has 0 fully saturated rings. The molecule has 2 aromatic carbocycles. The summed E-state index contributed by atoms with van der Waals surface area (Å²) in [6.07, 6.45) is 0. The smallest absolute Gasteiger partial charge is 0.340 e. The first-order chi connectivity index (χ1) is 10.6. The highest BCUT2D eigenvalue weighted by Crippen LogP contribution is 2.22. The summed E-state index contributed by atoms with van der Waals surface area (Å²) < 4.78 is 14.5. The largest absolute Gasteiger partial charge is 0.497 e. The number of hydrogen-bond donors (Lipinski definition) is 0. The molecule has 0 aromatic heterocycles. The molecule has 2 aromatic rings. The molecular formula is C17H16O5. The van der Waals surface area contributed by atoms with Crippen LogP contribution in [0.1, 0.15) is 17.3 Å². The van der Waals surface area contributed by atoms with Crippen LogP contribution in [0.3, 0.4) is 0 Å². The van der Waals surface area contributed by atoms with E-state index in [1.165, 1.54) is 6.92 Å². The minimum atomic E-state index is -0.539. The summed E-state index contributed by atoms with van der Waals surface area (Å²) in [5, 5.41) is 0. The van der Waals surface area contributed by atoms with E-state index in [2.05, 4.69) is 4.74 Å². The van der Waals surface area contributed by atoms with Crippen molar-refractivity contribution in [3.8, 4) is 16.9 Å². The quantitative estimate of drug-likeness (QED) is 0.627. The molecule has 0 radical (unpaired) electrons. The van der Waals surface area contributed by atoms with Crippen molar-refractivity contribution in [3.63, 3.8) is 0 Å². The number of ether oxygens (including phenoxy) is 3. The molecule has 5 heteroatoms. The molecular weight excluding hydrogens is 284 g/mol. The van der Waals surface area contributed by atoms with Gasteiger partial charge in [-0.25, -0.2) is 4.79 Å². The number of esters is 2. The Hall–Kier alpha value is -2.82. The van der Waals surface area contributed by atoms with Crippen molar-refractivity contribution in [1.29, 1.82) is 0 Å². The minimum Gasteiger partial charge on any atom is -0.497 e.